The summed E-state index contributed by atoms with van der Waals surface area (Å²) in [6.07, 6.45) is -0.545. The molecule has 4 aromatic rings. The van der Waals surface area contributed by atoms with Crippen molar-refractivity contribution in [2.45, 2.75) is 57.2 Å². The molecule has 4 aromatic carbocycles. The molecule has 1 aliphatic rings. The predicted molar refractivity (Wildman–Crippen MR) is 172 cm³/mol. The SMILES string of the molecule is CC(C)(C)Oc1ccc(C[C@H](NC(=O)[C@H](Cc2ccccc2)NC(=O)OCC2c3ccccc3-c3ccccc32)C(=O)O)cc1. The van der Waals surface area contributed by atoms with Crippen molar-refractivity contribution in [3.05, 3.63) is 125 Å². The second-order valence-corrected chi connectivity index (χ2v) is 12.2. The topological polar surface area (TPSA) is 114 Å². The van der Waals surface area contributed by atoms with Crippen LogP contribution in [0.2, 0.25) is 0 Å². The van der Waals surface area contributed by atoms with Crippen LogP contribution in [0, 0.1) is 0 Å². The van der Waals surface area contributed by atoms with Crippen molar-refractivity contribution in [1.82, 2.24) is 10.6 Å². The molecule has 0 saturated heterocycles. The molecule has 2 amide bonds. The van der Waals surface area contributed by atoms with E-state index in [0.29, 0.717) is 11.3 Å². The average molecular weight is 607 g/mol. The number of fused-ring (bicyclic) bond motifs is 3. The van der Waals surface area contributed by atoms with Crippen LogP contribution in [-0.2, 0) is 27.2 Å². The number of ether oxygens (including phenoxy) is 2. The molecule has 0 spiro atoms. The molecular weight excluding hydrogens is 568 g/mol. The van der Waals surface area contributed by atoms with Gasteiger partial charge in [-0.25, -0.2) is 9.59 Å². The summed E-state index contributed by atoms with van der Waals surface area (Å²) in [7, 11) is 0. The lowest BCUT2D eigenvalue weighted by Crippen LogP contribution is -2.53. The van der Waals surface area contributed by atoms with Crippen LogP contribution in [0.5, 0.6) is 5.75 Å². The summed E-state index contributed by atoms with van der Waals surface area (Å²) in [5, 5.41) is 15.3. The second-order valence-electron chi connectivity index (χ2n) is 12.2. The Hall–Kier alpha value is -5.11. The van der Waals surface area contributed by atoms with Gasteiger partial charge in [0.2, 0.25) is 5.91 Å². The van der Waals surface area contributed by atoms with Gasteiger partial charge in [-0.1, -0.05) is 91.0 Å². The van der Waals surface area contributed by atoms with E-state index >= 15 is 0 Å². The molecule has 0 fully saturated rings. The minimum atomic E-state index is -1.21. The van der Waals surface area contributed by atoms with Gasteiger partial charge in [0, 0.05) is 18.8 Å². The maximum atomic E-state index is 13.5. The lowest BCUT2D eigenvalue weighted by atomic mass is 9.98. The number of aliphatic carboxylic acids is 1. The summed E-state index contributed by atoms with van der Waals surface area (Å²) < 4.78 is 11.5. The van der Waals surface area contributed by atoms with Crippen molar-refractivity contribution in [2.24, 2.45) is 0 Å². The van der Waals surface area contributed by atoms with Crippen LogP contribution in [-0.4, -0.2) is 47.4 Å². The fourth-order valence-electron chi connectivity index (χ4n) is 5.60. The largest absolute Gasteiger partial charge is 0.488 e. The van der Waals surface area contributed by atoms with Gasteiger partial charge in [0.25, 0.3) is 0 Å². The third-order valence-electron chi connectivity index (χ3n) is 7.64. The highest BCUT2D eigenvalue weighted by Crippen LogP contribution is 2.44. The number of rotatable bonds is 11. The first kappa shape index (κ1) is 31.3. The first-order valence-electron chi connectivity index (χ1n) is 15.0. The first-order valence-corrected chi connectivity index (χ1v) is 15.0. The van der Waals surface area contributed by atoms with Crippen LogP contribution in [0.3, 0.4) is 0 Å². The van der Waals surface area contributed by atoms with E-state index in [0.717, 1.165) is 27.8 Å². The van der Waals surface area contributed by atoms with Crippen LogP contribution in [0.15, 0.2) is 103 Å². The van der Waals surface area contributed by atoms with E-state index in [1.54, 1.807) is 24.3 Å². The van der Waals surface area contributed by atoms with E-state index in [4.69, 9.17) is 9.47 Å². The zero-order chi connectivity index (χ0) is 32.0. The van der Waals surface area contributed by atoms with Crippen LogP contribution >= 0.6 is 0 Å². The standard InChI is InChI=1S/C37H38N2O6/c1-37(2,3)45-26-19-17-25(18-20-26)22-33(35(41)42)38-34(40)32(21-24-11-5-4-6-12-24)39-36(43)44-23-31-29-15-9-7-13-27(29)28-14-8-10-16-30(28)31/h4-20,31-33H,21-23H2,1-3H3,(H,38,40)(H,39,43)(H,41,42)/t32-,33-/m0/s1. The summed E-state index contributed by atoms with van der Waals surface area (Å²) in [5.41, 5.74) is 5.53. The zero-order valence-corrected chi connectivity index (χ0v) is 25.7. The highest BCUT2D eigenvalue weighted by molar-refractivity contribution is 5.89. The molecule has 1 aliphatic carbocycles. The van der Waals surface area contributed by atoms with E-state index < -0.39 is 30.1 Å². The predicted octanol–water partition coefficient (Wildman–Crippen LogP) is 6.13. The monoisotopic (exact) mass is 606 g/mol. The molecule has 0 unspecified atom stereocenters. The van der Waals surface area contributed by atoms with Gasteiger partial charge in [0.1, 0.15) is 30.0 Å². The van der Waals surface area contributed by atoms with Crippen molar-refractivity contribution in [2.75, 3.05) is 6.61 Å². The molecule has 0 aromatic heterocycles. The minimum Gasteiger partial charge on any atom is -0.488 e. The summed E-state index contributed by atoms with van der Waals surface area (Å²) in [5.74, 6) is -1.27. The molecule has 5 rings (SSSR count). The number of alkyl carbamates (subject to hydrolysis) is 1. The van der Waals surface area contributed by atoms with E-state index in [2.05, 4.69) is 22.8 Å². The van der Waals surface area contributed by atoms with Crippen molar-refractivity contribution >= 4 is 18.0 Å². The molecule has 3 N–H and O–H groups in total. The van der Waals surface area contributed by atoms with Crippen LogP contribution in [0.25, 0.3) is 11.1 Å². The molecule has 8 nitrogen and oxygen atoms in total. The van der Waals surface area contributed by atoms with Gasteiger partial charge in [-0.3, -0.25) is 4.79 Å². The smallest absolute Gasteiger partial charge is 0.407 e. The summed E-state index contributed by atoms with van der Waals surface area (Å²) in [6.45, 7) is 5.92. The van der Waals surface area contributed by atoms with E-state index in [-0.39, 0.29) is 31.0 Å². The van der Waals surface area contributed by atoms with E-state index in [1.165, 1.54) is 0 Å². The number of carboxylic acid groups (broad SMARTS) is 1. The van der Waals surface area contributed by atoms with Gasteiger partial charge in [0.15, 0.2) is 0 Å². The Kier molecular flexibility index (Phi) is 9.52. The Morgan fingerprint density at radius 3 is 1.82 bits per heavy atom. The summed E-state index contributed by atoms with van der Waals surface area (Å²) >= 11 is 0. The number of nitrogens with one attached hydrogen (secondary N) is 2. The Morgan fingerprint density at radius 2 is 1.24 bits per heavy atom. The normalized spacial score (nSPS) is 13.6. The fourth-order valence-corrected chi connectivity index (χ4v) is 5.60. The van der Waals surface area contributed by atoms with Crippen molar-refractivity contribution in [1.29, 1.82) is 0 Å². The van der Waals surface area contributed by atoms with Gasteiger partial charge in [-0.15, -0.1) is 0 Å². The Balaban J connectivity index is 1.26. The molecule has 0 bridgehead atoms. The molecule has 45 heavy (non-hydrogen) atoms. The maximum absolute atomic E-state index is 13.5. The van der Waals surface area contributed by atoms with Gasteiger partial charge >= 0.3 is 12.1 Å². The van der Waals surface area contributed by atoms with Crippen LogP contribution in [0.4, 0.5) is 4.79 Å². The average Bonchev–Trinajstić information content (AvgIpc) is 3.33. The molecule has 0 radical (unpaired) electrons. The van der Waals surface area contributed by atoms with Crippen LogP contribution in [0.1, 0.15) is 48.9 Å². The highest BCUT2D eigenvalue weighted by Gasteiger charge is 2.31. The van der Waals surface area contributed by atoms with Gasteiger partial charge in [-0.2, -0.15) is 0 Å². The number of hydrogen-bond donors (Lipinski definition) is 3. The molecule has 0 aliphatic heterocycles. The Morgan fingerprint density at radius 1 is 0.711 bits per heavy atom. The highest BCUT2D eigenvalue weighted by atomic mass is 16.5. The molecular formula is C37H38N2O6. The quantitative estimate of drug-likeness (QED) is 0.189. The first-order chi connectivity index (χ1) is 21.6. The number of carbonyl (C=O) groups excluding carboxylic acids is 2. The van der Waals surface area contributed by atoms with E-state index in [1.807, 2.05) is 87.5 Å². The van der Waals surface area contributed by atoms with Crippen molar-refractivity contribution < 1.29 is 29.0 Å². The third kappa shape index (κ3) is 8.09. The number of benzene rings is 4. The summed E-state index contributed by atoms with van der Waals surface area (Å²) in [4.78, 5) is 38.8. The zero-order valence-electron chi connectivity index (χ0n) is 25.7. The number of carbonyl (C=O) groups is 3. The summed E-state index contributed by atoms with van der Waals surface area (Å²) in [6, 6.07) is 30.1. The molecule has 0 heterocycles. The lowest BCUT2D eigenvalue weighted by Gasteiger charge is -2.23. The second kappa shape index (κ2) is 13.7. The number of hydrogen-bond acceptors (Lipinski definition) is 5. The van der Waals surface area contributed by atoms with Gasteiger partial charge < -0.3 is 25.2 Å². The minimum absolute atomic E-state index is 0.0554. The number of amides is 2. The lowest BCUT2D eigenvalue weighted by molar-refractivity contribution is -0.142. The van der Waals surface area contributed by atoms with Crippen LogP contribution < -0.4 is 15.4 Å². The third-order valence-corrected chi connectivity index (χ3v) is 7.64. The fraction of sp³-hybridized carbons (Fsp3) is 0.270. The molecule has 232 valence electrons. The molecule has 2 atom stereocenters. The van der Waals surface area contributed by atoms with Crippen molar-refractivity contribution in [3.8, 4) is 16.9 Å². The Bertz CT molecular complexity index is 1600. The Labute approximate surface area is 263 Å². The van der Waals surface area contributed by atoms with E-state index in [9.17, 15) is 19.5 Å². The van der Waals surface area contributed by atoms with Crippen molar-refractivity contribution in [3.63, 3.8) is 0 Å². The number of carboxylic acids is 1. The molecule has 0 saturated carbocycles. The molecule has 8 heteroatoms. The maximum Gasteiger partial charge on any atom is 0.407 e. The van der Waals surface area contributed by atoms with Gasteiger partial charge in [-0.05, 0) is 66.3 Å². The van der Waals surface area contributed by atoms with Gasteiger partial charge in [0.05, 0.1) is 0 Å².